The molecule has 1 saturated carbocycles. The first-order valence-electron chi connectivity index (χ1n) is 12.2. The molecule has 1 atom stereocenters. The number of aromatic nitrogens is 1. The summed E-state index contributed by atoms with van der Waals surface area (Å²) in [6.45, 7) is 2.06. The van der Waals surface area contributed by atoms with Crippen molar-refractivity contribution in [3.63, 3.8) is 0 Å². The van der Waals surface area contributed by atoms with Crippen molar-refractivity contribution in [3.05, 3.63) is 72.2 Å². The lowest BCUT2D eigenvalue weighted by atomic mass is 10.1. The average molecular weight is 500 g/mol. The minimum atomic E-state index is -0.828. The average Bonchev–Trinajstić information content (AvgIpc) is 3.68. The summed E-state index contributed by atoms with van der Waals surface area (Å²) >= 11 is 1.61. The van der Waals surface area contributed by atoms with Crippen molar-refractivity contribution in [2.45, 2.75) is 51.1 Å². The van der Waals surface area contributed by atoms with Gasteiger partial charge in [-0.2, -0.15) is 0 Å². The summed E-state index contributed by atoms with van der Waals surface area (Å²) < 4.78 is 6.47. The molecule has 2 aromatic heterocycles. The van der Waals surface area contributed by atoms with Gasteiger partial charge in [-0.1, -0.05) is 18.9 Å². The van der Waals surface area contributed by atoms with E-state index in [9.17, 15) is 14.4 Å². The SMILES string of the molecule is Cc1ccc2nc(-c3ccc(N4C(=O)CC(N(C(=O)c5ccco5)C5CCCC5)C4=O)cc3)sc2c1. The van der Waals surface area contributed by atoms with E-state index < -0.39 is 6.04 Å². The molecule has 36 heavy (non-hydrogen) atoms. The first-order valence-corrected chi connectivity index (χ1v) is 13.0. The van der Waals surface area contributed by atoms with Gasteiger partial charge in [-0.15, -0.1) is 11.3 Å². The molecule has 4 aromatic rings. The van der Waals surface area contributed by atoms with E-state index in [1.807, 2.05) is 24.3 Å². The van der Waals surface area contributed by atoms with Gasteiger partial charge in [0, 0.05) is 11.6 Å². The topological polar surface area (TPSA) is 83.7 Å². The number of carbonyl (C=O) groups is 3. The molecule has 3 amide bonds. The third-order valence-electron chi connectivity index (χ3n) is 7.06. The van der Waals surface area contributed by atoms with Crippen molar-refractivity contribution < 1.29 is 18.8 Å². The van der Waals surface area contributed by atoms with Crippen LogP contribution in [0.4, 0.5) is 5.69 Å². The molecule has 2 aliphatic rings. The number of nitrogens with zero attached hydrogens (tertiary/aromatic N) is 3. The normalized spacial score (nSPS) is 18.5. The predicted octanol–water partition coefficient (Wildman–Crippen LogP) is 5.58. The first-order chi connectivity index (χ1) is 17.5. The van der Waals surface area contributed by atoms with Crippen LogP contribution in [-0.2, 0) is 9.59 Å². The predicted molar refractivity (Wildman–Crippen MR) is 138 cm³/mol. The van der Waals surface area contributed by atoms with Crippen LogP contribution in [0.5, 0.6) is 0 Å². The van der Waals surface area contributed by atoms with Crippen LogP contribution in [0.25, 0.3) is 20.8 Å². The summed E-state index contributed by atoms with van der Waals surface area (Å²) in [4.78, 5) is 47.5. The summed E-state index contributed by atoms with van der Waals surface area (Å²) in [6.07, 6.45) is 5.06. The molecule has 0 radical (unpaired) electrons. The molecule has 0 spiro atoms. The van der Waals surface area contributed by atoms with Crippen molar-refractivity contribution in [2.75, 3.05) is 4.90 Å². The lowest BCUT2D eigenvalue weighted by Crippen LogP contribution is -2.50. The Morgan fingerprint density at radius 2 is 1.86 bits per heavy atom. The molecule has 1 aliphatic heterocycles. The molecule has 2 aromatic carbocycles. The quantitative estimate of drug-likeness (QED) is 0.335. The van der Waals surface area contributed by atoms with E-state index in [1.54, 1.807) is 40.5 Å². The number of benzene rings is 2. The Morgan fingerprint density at radius 1 is 1.08 bits per heavy atom. The van der Waals surface area contributed by atoms with Crippen molar-refractivity contribution in [3.8, 4) is 10.6 Å². The molecule has 8 heteroatoms. The van der Waals surface area contributed by atoms with E-state index >= 15 is 0 Å². The van der Waals surface area contributed by atoms with Crippen LogP contribution in [0.1, 0.15) is 48.2 Å². The molecule has 3 heterocycles. The Hall–Kier alpha value is -3.78. The number of thiazole rings is 1. The van der Waals surface area contributed by atoms with E-state index in [0.29, 0.717) is 5.69 Å². The van der Waals surface area contributed by atoms with Crippen LogP contribution < -0.4 is 4.90 Å². The number of imide groups is 1. The van der Waals surface area contributed by atoms with Gasteiger partial charge in [-0.3, -0.25) is 14.4 Å². The number of carbonyl (C=O) groups excluding carboxylic acids is 3. The highest BCUT2D eigenvalue weighted by Gasteiger charge is 2.47. The summed E-state index contributed by atoms with van der Waals surface area (Å²) in [5, 5.41) is 0.885. The lowest BCUT2D eigenvalue weighted by molar-refractivity contribution is -0.123. The molecule has 1 aliphatic carbocycles. The van der Waals surface area contributed by atoms with Gasteiger partial charge in [0.05, 0.1) is 28.6 Å². The van der Waals surface area contributed by atoms with E-state index in [2.05, 4.69) is 13.0 Å². The number of fused-ring (bicyclic) bond motifs is 1. The zero-order chi connectivity index (χ0) is 24.8. The van der Waals surface area contributed by atoms with Crippen molar-refractivity contribution in [1.82, 2.24) is 9.88 Å². The largest absolute Gasteiger partial charge is 0.459 e. The Morgan fingerprint density at radius 3 is 2.58 bits per heavy atom. The van der Waals surface area contributed by atoms with Crippen LogP contribution in [0.15, 0.2) is 65.3 Å². The number of furan rings is 1. The molecule has 182 valence electrons. The number of anilines is 1. The zero-order valence-corrected chi connectivity index (χ0v) is 20.7. The highest BCUT2D eigenvalue weighted by atomic mass is 32.1. The van der Waals surface area contributed by atoms with Crippen LogP contribution in [0.3, 0.4) is 0 Å². The zero-order valence-electron chi connectivity index (χ0n) is 19.8. The molecule has 6 rings (SSSR count). The monoisotopic (exact) mass is 499 g/mol. The fourth-order valence-corrected chi connectivity index (χ4v) is 6.35. The van der Waals surface area contributed by atoms with E-state index in [0.717, 1.165) is 46.5 Å². The van der Waals surface area contributed by atoms with Crippen LogP contribution >= 0.6 is 11.3 Å². The maximum atomic E-state index is 13.6. The van der Waals surface area contributed by atoms with E-state index in [-0.39, 0.29) is 35.9 Å². The van der Waals surface area contributed by atoms with Gasteiger partial charge in [0.2, 0.25) is 5.91 Å². The summed E-state index contributed by atoms with van der Waals surface area (Å²) in [5.41, 5.74) is 3.57. The van der Waals surface area contributed by atoms with Crippen LogP contribution in [0, 0.1) is 6.92 Å². The van der Waals surface area contributed by atoms with Crippen LogP contribution in [-0.4, -0.2) is 39.7 Å². The third kappa shape index (κ3) is 3.91. The number of amides is 3. The molecule has 0 bridgehead atoms. The molecule has 1 unspecified atom stereocenters. The fraction of sp³-hybridized carbons (Fsp3) is 0.286. The van der Waals surface area contributed by atoms with Crippen molar-refractivity contribution >= 4 is 45.0 Å². The van der Waals surface area contributed by atoms with Gasteiger partial charge in [-0.25, -0.2) is 9.88 Å². The van der Waals surface area contributed by atoms with Crippen molar-refractivity contribution in [2.24, 2.45) is 0 Å². The second-order valence-electron chi connectivity index (χ2n) is 9.45. The number of hydrogen-bond donors (Lipinski definition) is 0. The van der Waals surface area contributed by atoms with Gasteiger partial charge in [-0.05, 0) is 73.9 Å². The number of rotatable bonds is 5. The second kappa shape index (κ2) is 9.02. The third-order valence-corrected chi connectivity index (χ3v) is 8.13. The minimum Gasteiger partial charge on any atom is -0.459 e. The molecular formula is C28H25N3O4S. The summed E-state index contributed by atoms with van der Waals surface area (Å²) in [6, 6.07) is 15.9. The second-order valence-corrected chi connectivity index (χ2v) is 10.5. The molecular weight excluding hydrogens is 474 g/mol. The molecule has 1 saturated heterocycles. The lowest BCUT2D eigenvalue weighted by Gasteiger charge is -2.32. The molecule has 7 nitrogen and oxygen atoms in total. The standard InChI is InChI=1S/C28H25N3O4S/c1-17-8-13-21-24(15-17)36-26(29-21)18-9-11-20(12-10-18)31-25(32)16-22(27(31)33)30(19-5-2-3-6-19)28(34)23-7-4-14-35-23/h4,7-15,19,22H,2-3,5-6,16H2,1H3. The van der Waals surface area contributed by atoms with E-state index in [1.165, 1.54) is 16.7 Å². The molecule has 0 N–H and O–H groups in total. The number of aryl methyl sites for hydroxylation is 1. The summed E-state index contributed by atoms with van der Waals surface area (Å²) in [5.74, 6) is -0.809. The Balaban J connectivity index is 1.27. The maximum absolute atomic E-state index is 13.6. The Bertz CT molecular complexity index is 1450. The van der Waals surface area contributed by atoms with Crippen molar-refractivity contribution in [1.29, 1.82) is 0 Å². The van der Waals surface area contributed by atoms with Gasteiger partial charge < -0.3 is 9.32 Å². The smallest absolute Gasteiger partial charge is 0.290 e. The van der Waals surface area contributed by atoms with Gasteiger partial charge in [0.15, 0.2) is 5.76 Å². The number of hydrogen-bond acceptors (Lipinski definition) is 6. The Kier molecular flexibility index (Phi) is 5.68. The maximum Gasteiger partial charge on any atom is 0.290 e. The molecule has 2 fully saturated rings. The highest BCUT2D eigenvalue weighted by Crippen LogP contribution is 2.35. The van der Waals surface area contributed by atoms with Gasteiger partial charge in [0.25, 0.3) is 11.8 Å². The van der Waals surface area contributed by atoms with E-state index in [4.69, 9.17) is 9.40 Å². The van der Waals surface area contributed by atoms with Gasteiger partial charge >= 0.3 is 0 Å². The first kappa shape index (κ1) is 22.7. The highest BCUT2D eigenvalue weighted by molar-refractivity contribution is 7.21. The van der Waals surface area contributed by atoms with Gasteiger partial charge in [0.1, 0.15) is 11.0 Å². The minimum absolute atomic E-state index is 0.0270. The fourth-order valence-electron chi connectivity index (χ4n) is 5.28. The Labute approximate surface area is 212 Å². The van der Waals surface area contributed by atoms with Crippen LogP contribution in [0.2, 0.25) is 0 Å². The summed E-state index contributed by atoms with van der Waals surface area (Å²) in [7, 11) is 0.